The van der Waals surface area contributed by atoms with Crippen molar-refractivity contribution in [2.45, 2.75) is 32.2 Å². The number of anilines is 1. The number of aryl methyl sites for hydroxylation is 1. The molecule has 3 nitrogen and oxygen atoms in total. The Kier molecular flexibility index (Phi) is 3.41. The van der Waals surface area contributed by atoms with E-state index in [0.717, 1.165) is 17.4 Å². The Hall–Kier alpha value is -0.830. The lowest BCUT2D eigenvalue weighted by atomic mass is 10.1. The summed E-state index contributed by atoms with van der Waals surface area (Å²) in [6.45, 7) is 1.97. The average Bonchev–Trinajstić information content (AvgIpc) is 2.69. The lowest BCUT2D eigenvalue weighted by Gasteiger charge is -2.19. The SMILES string of the molecule is Cc1nccnc1NC1CCCC1CCl. The van der Waals surface area contributed by atoms with Crippen molar-refractivity contribution in [3.8, 4) is 0 Å². The first kappa shape index (κ1) is 10.7. The number of alkyl halides is 1. The molecular formula is C11H16ClN3. The number of nitrogens with one attached hydrogen (secondary N) is 1. The molecule has 0 aliphatic heterocycles. The van der Waals surface area contributed by atoms with Gasteiger partial charge in [0.15, 0.2) is 0 Å². The van der Waals surface area contributed by atoms with Crippen LogP contribution in [0.15, 0.2) is 12.4 Å². The topological polar surface area (TPSA) is 37.8 Å². The normalized spacial score (nSPS) is 25.5. The van der Waals surface area contributed by atoms with E-state index in [1.54, 1.807) is 12.4 Å². The molecule has 2 unspecified atom stereocenters. The van der Waals surface area contributed by atoms with Crippen LogP contribution in [-0.2, 0) is 0 Å². The van der Waals surface area contributed by atoms with Crippen LogP contribution in [0.25, 0.3) is 0 Å². The molecule has 1 aliphatic carbocycles. The summed E-state index contributed by atoms with van der Waals surface area (Å²) in [4.78, 5) is 8.51. The van der Waals surface area contributed by atoms with Gasteiger partial charge in [-0.2, -0.15) is 0 Å². The fourth-order valence-corrected chi connectivity index (χ4v) is 2.51. The number of hydrogen-bond acceptors (Lipinski definition) is 3. The molecule has 0 saturated heterocycles. The maximum Gasteiger partial charge on any atom is 0.147 e. The molecule has 2 atom stereocenters. The molecule has 15 heavy (non-hydrogen) atoms. The maximum atomic E-state index is 5.93. The molecule has 0 aromatic carbocycles. The summed E-state index contributed by atoms with van der Waals surface area (Å²) >= 11 is 5.93. The number of halogens is 1. The summed E-state index contributed by atoms with van der Waals surface area (Å²) in [6.07, 6.45) is 7.11. The van der Waals surface area contributed by atoms with Crippen LogP contribution in [0, 0.1) is 12.8 Å². The minimum Gasteiger partial charge on any atom is -0.366 e. The molecule has 2 rings (SSSR count). The molecule has 82 valence electrons. The molecule has 1 aromatic heterocycles. The van der Waals surface area contributed by atoms with Gasteiger partial charge in [0.05, 0.1) is 5.69 Å². The van der Waals surface area contributed by atoms with Crippen molar-refractivity contribution in [2.24, 2.45) is 5.92 Å². The second-order valence-electron chi connectivity index (χ2n) is 4.09. The van der Waals surface area contributed by atoms with Crippen LogP contribution in [0.1, 0.15) is 25.0 Å². The van der Waals surface area contributed by atoms with E-state index < -0.39 is 0 Å². The Morgan fingerprint density at radius 2 is 2.20 bits per heavy atom. The molecule has 4 heteroatoms. The zero-order chi connectivity index (χ0) is 10.7. The van der Waals surface area contributed by atoms with Crippen LogP contribution in [0.2, 0.25) is 0 Å². The Morgan fingerprint density at radius 3 is 2.93 bits per heavy atom. The summed E-state index contributed by atoms with van der Waals surface area (Å²) < 4.78 is 0. The van der Waals surface area contributed by atoms with Crippen LogP contribution in [0.4, 0.5) is 5.82 Å². The van der Waals surface area contributed by atoms with Crippen molar-refractivity contribution in [3.05, 3.63) is 18.1 Å². The molecule has 1 saturated carbocycles. The van der Waals surface area contributed by atoms with Gasteiger partial charge in [0.25, 0.3) is 0 Å². The molecule has 0 bridgehead atoms. The van der Waals surface area contributed by atoms with Crippen molar-refractivity contribution in [2.75, 3.05) is 11.2 Å². The Labute approximate surface area is 95.3 Å². The highest BCUT2D eigenvalue weighted by Crippen LogP contribution is 2.29. The third-order valence-electron chi connectivity index (χ3n) is 3.06. The molecular weight excluding hydrogens is 210 g/mol. The fraction of sp³-hybridized carbons (Fsp3) is 0.636. The summed E-state index contributed by atoms with van der Waals surface area (Å²) in [5.74, 6) is 2.21. The van der Waals surface area contributed by atoms with Gasteiger partial charge in [0.1, 0.15) is 5.82 Å². The standard InChI is InChI=1S/C11H16ClN3/c1-8-11(14-6-5-13-8)15-10-4-2-3-9(10)7-12/h5-6,9-10H,2-4,7H2,1H3,(H,14,15). The first-order valence-corrected chi connectivity index (χ1v) is 5.95. The van der Waals surface area contributed by atoms with Gasteiger partial charge < -0.3 is 5.32 Å². The van der Waals surface area contributed by atoms with Crippen molar-refractivity contribution >= 4 is 17.4 Å². The first-order valence-electron chi connectivity index (χ1n) is 5.41. The Morgan fingerprint density at radius 1 is 1.40 bits per heavy atom. The summed E-state index contributed by atoms with van der Waals surface area (Å²) in [5.41, 5.74) is 0.956. The van der Waals surface area contributed by atoms with Crippen LogP contribution < -0.4 is 5.32 Å². The predicted molar refractivity (Wildman–Crippen MR) is 62.2 cm³/mol. The van der Waals surface area contributed by atoms with Crippen LogP contribution in [0.3, 0.4) is 0 Å². The number of nitrogens with zero attached hydrogens (tertiary/aromatic N) is 2. The summed E-state index contributed by atoms with van der Waals surface area (Å²) in [5, 5.41) is 3.45. The second kappa shape index (κ2) is 4.79. The van der Waals surface area contributed by atoms with E-state index in [9.17, 15) is 0 Å². The van der Waals surface area contributed by atoms with E-state index in [1.807, 2.05) is 6.92 Å². The smallest absolute Gasteiger partial charge is 0.147 e. The van der Waals surface area contributed by atoms with E-state index in [0.29, 0.717) is 12.0 Å². The van der Waals surface area contributed by atoms with Crippen LogP contribution in [0.5, 0.6) is 0 Å². The Bertz CT molecular complexity index is 329. The molecule has 0 spiro atoms. The molecule has 1 N–H and O–H groups in total. The van der Waals surface area contributed by atoms with Crippen molar-refractivity contribution in [3.63, 3.8) is 0 Å². The highest BCUT2D eigenvalue weighted by atomic mass is 35.5. The van der Waals surface area contributed by atoms with Crippen LogP contribution >= 0.6 is 11.6 Å². The number of aromatic nitrogens is 2. The summed E-state index contributed by atoms with van der Waals surface area (Å²) in [6, 6.07) is 0.470. The highest BCUT2D eigenvalue weighted by Gasteiger charge is 2.26. The minimum atomic E-state index is 0.470. The lowest BCUT2D eigenvalue weighted by Crippen LogP contribution is -2.26. The van der Waals surface area contributed by atoms with E-state index in [1.165, 1.54) is 19.3 Å². The number of rotatable bonds is 3. The van der Waals surface area contributed by atoms with Gasteiger partial charge in [-0.15, -0.1) is 11.6 Å². The predicted octanol–water partition coefficient (Wildman–Crippen LogP) is 2.60. The van der Waals surface area contributed by atoms with E-state index >= 15 is 0 Å². The Balaban J connectivity index is 2.05. The molecule has 1 aromatic rings. The number of hydrogen-bond donors (Lipinski definition) is 1. The van der Waals surface area contributed by atoms with Crippen LogP contribution in [-0.4, -0.2) is 21.9 Å². The van der Waals surface area contributed by atoms with E-state index in [4.69, 9.17) is 11.6 Å². The molecule has 1 fully saturated rings. The van der Waals surface area contributed by atoms with Gasteiger partial charge in [-0.05, 0) is 25.7 Å². The highest BCUT2D eigenvalue weighted by molar-refractivity contribution is 6.18. The monoisotopic (exact) mass is 225 g/mol. The van der Waals surface area contributed by atoms with Gasteiger partial charge in [0, 0.05) is 24.3 Å². The first-order chi connectivity index (χ1) is 7.31. The average molecular weight is 226 g/mol. The van der Waals surface area contributed by atoms with Gasteiger partial charge in [-0.25, -0.2) is 4.98 Å². The molecule has 1 aliphatic rings. The summed E-state index contributed by atoms with van der Waals surface area (Å²) in [7, 11) is 0. The van der Waals surface area contributed by atoms with Gasteiger partial charge in [0.2, 0.25) is 0 Å². The third-order valence-corrected chi connectivity index (χ3v) is 3.46. The molecule has 1 heterocycles. The minimum absolute atomic E-state index is 0.470. The zero-order valence-electron chi connectivity index (χ0n) is 8.91. The quantitative estimate of drug-likeness (QED) is 0.804. The lowest BCUT2D eigenvalue weighted by molar-refractivity contribution is 0.560. The molecule has 0 amide bonds. The molecule has 0 radical (unpaired) electrons. The maximum absolute atomic E-state index is 5.93. The van der Waals surface area contributed by atoms with Crippen molar-refractivity contribution in [1.82, 2.24) is 9.97 Å². The van der Waals surface area contributed by atoms with Crippen molar-refractivity contribution in [1.29, 1.82) is 0 Å². The van der Waals surface area contributed by atoms with Crippen molar-refractivity contribution < 1.29 is 0 Å². The van der Waals surface area contributed by atoms with Gasteiger partial charge in [-0.1, -0.05) is 6.42 Å². The van der Waals surface area contributed by atoms with E-state index in [2.05, 4.69) is 15.3 Å². The van der Waals surface area contributed by atoms with Gasteiger partial charge >= 0.3 is 0 Å². The van der Waals surface area contributed by atoms with E-state index in [-0.39, 0.29) is 0 Å². The van der Waals surface area contributed by atoms with Gasteiger partial charge in [-0.3, -0.25) is 4.98 Å². The second-order valence-corrected chi connectivity index (χ2v) is 4.40. The fourth-order valence-electron chi connectivity index (χ4n) is 2.14. The zero-order valence-corrected chi connectivity index (χ0v) is 9.67. The largest absolute Gasteiger partial charge is 0.366 e. The third kappa shape index (κ3) is 2.40.